The van der Waals surface area contributed by atoms with Crippen molar-refractivity contribution in [2.75, 3.05) is 26.2 Å². The van der Waals surface area contributed by atoms with Gasteiger partial charge in [0, 0.05) is 13.1 Å². The molecule has 6 nitrogen and oxygen atoms in total. The molecule has 1 fully saturated rings. The summed E-state index contributed by atoms with van der Waals surface area (Å²) in [5.41, 5.74) is 1.84. The molecule has 1 atom stereocenters. The van der Waals surface area contributed by atoms with Crippen molar-refractivity contribution in [2.45, 2.75) is 38.4 Å². The van der Waals surface area contributed by atoms with Gasteiger partial charge in [0.15, 0.2) is 0 Å². The maximum absolute atomic E-state index is 12.9. The highest BCUT2D eigenvalue weighted by molar-refractivity contribution is 7.88. The summed E-state index contributed by atoms with van der Waals surface area (Å²) in [6, 6.07) is 12.8. The van der Waals surface area contributed by atoms with Gasteiger partial charge in [-0.3, -0.25) is 4.79 Å². The minimum Gasteiger partial charge on any atom is -0.492 e. The molecule has 1 amide bonds. The van der Waals surface area contributed by atoms with E-state index in [1.54, 1.807) is 18.2 Å². The molecule has 1 heterocycles. The third-order valence-corrected chi connectivity index (χ3v) is 8.17. The van der Waals surface area contributed by atoms with Crippen molar-refractivity contribution in [3.05, 3.63) is 63.6 Å². The van der Waals surface area contributed by atoms with Crippen LogP contribution in [0.3, 0.4) is 0 Å². The van der Waals surface area contributed by atoms with Gasteiger partial charge in [-0.15, -0.1) is 0 Å². The third-order valence-electron chi connectivity index (χ3n) is 5.61. The van der Waals surface area contributed by atoms with Crippen LogP contribution in [0.25, 0.3) is 0 Å². The van der Waals surface area contributed by atoms with Crippen molar-refractivity contribution < 1.29 is 17.9 Å². The fourth-order valence-electron chi connectivity index (χ4n) is 3.87. The number of hydrogen-bond acceptors (Lipinski definition) is 4. The summed E-state index contributed by atoms with van der Waals surface area (Å²) in [5.74, 6) is 0.0617. The monoisotopic (exact) mass is 512 g/mol. The maximum atomic E-state index is 12.9. The lowest BCUT2D eigenvalue weighted by Gasteiger charge is -2.31. The van der Waals surface area contributed by atoms with E-state index in [-0.39, 0.29) is 24.1 Å². The number of amides is 1. The van der Waals surface area contributed by atoms with E-state index in [2.05, 4.69) is 12.2 Å². The van der Waals surface area contributed by atoms with Crippen LogP contribution in [0.4, 0.5) is 0 Å². The van der Waals surface area contributed by atoms with Gasteiger partial charge in [0.2, 0.25) is 15.9 Å². The first-order chi connectivity index (χ1) is 15.8. The van der Waals surface area contributed by atoms with Crippen LogP contribution >= 0.6 is 23.2 Å². The smallest absolute Gasteiger partial charge is 0.224 e. The molecule has 0 aromatic heterocycles. The number of carbonyl (C=O) groups is 1. The third kappa shape index (κ3) is 7.60. The predicted octanol–water partition coefficient (Wildman–Crippen LogP) is 4.68. The fraction of sp³-hybridized carbons (Fsp3) is 0.458. The number of halogens is 2. The van der Waals surface area contributed by atoms with Crippen molar-refractivity contribution in [1.82, 2.24) is 9.62 Å². The molecule has 1 saturated heterocycles. The van der Waals surface area contributed by atoms with Crippen LogP contribution in [-0.2, 0) is 27.0 Å². The van der Waals surface area contributed by atoms with Gasteiger partial charge in [0.25, 0.3) is 0 Å². The lowest BCUT2D eigenvalue weighted by Crippen LogP contribution is -2.46. The number of aryl methyl sites for hydroxylation is 1. The van der Waals surface area contributed by atoms with Crippen molar-refractivity contribution in [1.29, 1.82) is 0 Å². The van der Waals surface area contributed by atoms with Crippen LogP contribution in [0, 0.1) is 5.92 Å². The number of hydrogen-bond donors (Lipinski definition) is 1. The molecule has 3 rings (SSSR count). The predicted molar refractivity (Wildman–Crippen MR) is 132 cm³/mol. The summed E-state index contributed by atoms with van der Waals surface area (Å²) < 4.78 is 32.9. The van der Waals surface area contributed by atoms with Crippen LogP contribution in [0.15, 0.2) is 42.5 Å². The second-order valence-corrected chi connectivity index (χ2v) is 11.0. The highest BCUT2D eigenvalue weighted by Crippen LogP contribution is 2.26. The molecule has 1 N–H and O–H groups in total. The van der Waals surface area contributed by atoms with Crippen LogP contribution in [-0.4, -0.2) is 44.9 Å². The summed E-state index contributed by atoms with van der Waals surface area (Å²) in [4.78, 5) is 12.6. The number of ether oxygens (including phenoxy) is 1. The topological polar surface area (TPSA) is 75.7 Å². The summed E-state index contributed by atoms with van der Waals surface area (Å²) in [7, 11) is -3.57. The molecule has 0 spiro atoms. The van der Waals surface area contributed by atoms with Crippen molar-refractivity contribution >= 4 is 39.1 Å². The van der Waals surface area contributed by atoms with Crippen molar-refractivity contribution in [2.24, 2.45) is 5.92 Å². The Morgan fingerprint density at radius 1 is 1.12 bits per heavy atom. The van der Waals surface area contributed by atoms with Gasteiger partial charge in [0.1, 0.15) is 12.4 Å². The zero-order chi connectivity index (χ0) is 23.8. The summed E-state index contributed by atoms with van der Waals surface area (Å²) >= 11 is 11.9. The van der Waals surface area contributed by atoms with Crippen molar-refractivity contribution in [3.8, 4) is 5.75 Å². The minimum absolute atomic E-state index is 0.147. The molecule has 2 aromatic carbocycles. The average Bonchev–Trinajstić information content (AvgIpc) is 2.80. The van der Waals surface area contributed by atoms with E-state index in [0.717, 1.165) is 18.6 Å². The SMILES string of the molecule is CCCc1ccc(OCCNC(=O)C2CCCN(S(=O)(=O)Cc3ccc(Cl)c(Cl)c3)C2)cc1. The van der Waals surface area contributed by atoms with Crippen LogP contribution in [0.5, 0.6) is 5.75 Å². The molecular formula is C24H30Cl2N2O4S. The standard InChI is InChI=1S/C24H30Cl2N2O4S/c1-2-4-18-6-9-21(10-7-18)32-14-12-27-24(29)20-5-3-13-28(16-20)33(30,31)17-19-8-11-22(25)23(26)15-19/h6-11,15,20H,2-5,12-14,16-17H2,1H3,(H,27,29). The van der Waals surface area contributed by atoms with Crippen molar-refractivity contribution in [3.63, 3.8) is 0 Å². The number of nitrogens with one attached hydrogen (secondary N) is 1. The summed E-state index contributed by atoms with van der Waals surface area (Å²) in [5, 5.41) is 3.57. The lowest BCUT2D eigenvalue weighted by molar-refractivity contribution is -0.126. The molecule has 180 valence electrons. The van der Waals surface area contributed by atoms with Gasteiger partial charge < -0.3 is 10.1 Å². The normalized spacial score (nSPS) is 17.0. The molecular weight excluding hydrogens is 483 g/mol. The Morgan fingerprint density at radius 2 is 1.85 bits per heavy atom. The maximum Gasteiger partial charge on any atom is 0.224 e. The van der Waals surface area contributed by atoms with Crippen LogP contribution in [0.2, 0.25) is 10.0 Å². The summed E-state index contributed by atoms with van der Waals surface area (Å²) in [6.07, 6.45) is 3.43. The Labute approximate surface area is 206 Å². The number of piperidine rings is 1. The summed E-state index contributed by atoms with van der Waals surface area (Å²) in [6.45, 7) is 3.44. The number of carbonyl (C=O) groups excluding carboxylic acids is 1. The highest BCUT2D eigenvalue weighted by atomic mass is 35.5. The second-order valence-electron chi connectivity index (χ2n) is 8.24. The minimum atomic E-state index is -3.57. The fourth-order valence-corrected chi connectivity index (χ4v) is 5.79. The highest BCUT2D eigenvalue weighted by Gasteiger charge is 2.32. The van der Waals surface area contributed by atoms with Gasteiger partial charge in [-0.25, -0.2) is 12.7 Å². The molecule has 1 aliphatic rings. The van der Waals surface area contributed by atoms with E-state index >= 15 is 0 Å². The first-order valence-electron chi connectivity index (χ1n) is 11.2. The first kappa shape index (κ1) is 25.8. The van der Waals surface area contributed by atoms with E-state index in [0.29, 0.717) is 48.1 Å². The van der Waals surface area contributed by atoms with Gasteiger partial charge >= 0.3 is 0 Å². The zero-order valence-electron chi connectivity index (χ0n) is 18.7. The number of benzene rings is 2. The first-order valence-corrected chi connectivity index (χ1v) is 13.6. The Hall–Kier alpha value is -1.80. The number of sulfonamides is 1. The van der Waals surface area contributed by atoms with E-state index in [1.807, 2.05) is 24.3 Å². The lowest BCUT2D eigenvalue weighted by atomic mass is 9.99. The molecule has 0 aliphatic carbocycles. The molecule has 0 radical (unpaired) electrons. The molecule has 9 heteroatoms. The Bertz CT molecular complexity index is 1040. The molecule has 0 saturated carbocycles. The molecule has 2 aromatic rings. The van der Waals surface area contributed by atoms with E-state index in [1.165, 1.54) is 9.87 Å². The zero-order valence-corrected chi connectivity index (χ0v) is 21.1. The Kier molecular flexibility index (Phi) is 9.44. The van der Waals surface area contributed by atoms with Crippen LogP contribution in [0.1, 0.15) is 37.3 Å². The van der Waals surface area contributed by atoms with E-state index in [4.69, 9.17) is 27.9 Å². The van der Waals surface area contributed by atoms with E-state index < -0.39 is 10.0 Å². The van der Waals surface area contributed by atoms with Gasteiger partial charge in [-0.2, -0.15) is 0 Å². The number of nitrogens with zero attached hydrogens (tertiary/aromatic N) is 1. The van der Waals surface area contributed by atoms with Gasteiger partial charge in [-0.1, -0.05) is 54.7 Å². The Balaban J connectivity index is 1.46. The van der Waals surface area contributed by atoms with Gasteiger partial charge in [-0.05, 0) is 54.7 Å². The van der Waals surface area contributed by atoms with Crippen LogP contribution < -0.4 is 10.1 Å². The number of rotatable bonds is 10. The molecule has 1 unspecified atom stereocenters. The molecule has 0 bridgehead atoms. The van der Waals surface area contributed by atoms with Gasteiger partial charge in [0.05, 0.1) is 28.3 Å². The Morgan fingerprint density at radius 3 is 2.55 bits per heavy atom. The average molecular weight is 513 g/mol. The quantitative estimate of drug-likeness (QED) is 0.468. The molecule has 33 heavy (non-hydrogen) atoms. The molecule has 1 aliphatic heterocycles. The largest absolute Gasteiger partial charge is 0.492 e. The van der Waals surface area contributed by atoms with E-state index in [9.17, 15) is 13.2 Å². The second kappa shape index (κ2) is 12.1.